The second kappa shape index (κ2) is 7.39. The van der Waals surface area contributed by atoms with Gasteiger partial charge in [0.15, 0.2) is 14.6 Å². The number of nitrogens with two attached hydrogens (primary N) is 1. The summed E-state index contributed by atoms with van der Waals surface area (Å²) in [4.78, 5) is 17.2. The predicted octanol–water partition coefficient (Wildman–Crippen LogP) is 3.28. The lowest BCUT2D eigenvalue weighted by Gasteiger charge is -2.39. The SMILES string of the molecule is C[C@]1(c2cc(Cc3ncnc4cc(Cl)cnc34)ccc2F)N=C(N)[C@@]2(CF)CC[C@@H]1S2(=O)=O. The molecule has 2 aliphatic rings. The Kier molecular flexibility index (Phi) is 4.95. The zero-order valence-corrected chi connectivity index (χ0v) is 19.2. The number of nitrogens with zero attached hydrogens (tertiary/aromatic N) is 4. The molecule has 0 unspecified atom stereocenters. The van der Waals surface area contributed by atoms with Crippen LogP contribution < -0.4 is 5.73 Å². The third-order valence-corrected chi connectivity index (χ3v) is 10.1. The fourth-order valence-corrected chi connectivity index (χ4v) is 7.82. The van der Waals surface area contributed by atoms with Crippen molar-refractivity contribution in [2.24, 2.45) is 10.7 Å². The molecule has 2 aromatic heterocycles. The molecule has 3 atom stereocenters. The number of benzene rings is 1. The lowest BCUT2D eigenvalue weighted by molar-refractivity contribution is 0.414. The van der Waals surface area contributed by atoms with Crippen molar-refractivity contribution in [1.29, 1.82) is 0 Å². The fourth-order valence-electron chi connectivity index (χ4n) is 5.02. The molecule has 7 nitrogen and oxygen atoms in total. The lowest BCUT2D eigenvalue weighted by Crippen LogP contribution is -2.58. The Morgan fingerprint density at radius 2 is 2.03 bits per heavy atom. The molecule has 0 aliphatic carbocycles. The number of hydrogen-bond donors (Lipinski definition) is 1. The number of alkyl halides is 1. The summed E-state index contributed by atoms with van der Waals surface area (Å²) in [5, 5.41) is -0.625. The zero-order chi connectivity index (χ0) is 23.6. The predicted molar refractivity (Wildman–Crippen MR) is 121 cm³/mol. The van der Waals surface area contributed by atoms with Gasteiger partial charge in [0.25, 0.3) is 0 Å². The van der Waals surface area contributed by atoms with Crippen LogP contribution >= 0.6 is 11.6 Å². The van der Waals surface area contributed by atoms with E-state index < -0.39 is 37.9 Å². The van der Waals surface area contributed by atoms with Crippen molar-refractivity contribution in [3.05, 3.63) is 64.5 Å². The van der Waals surface area contributed by atoms with Crippen molar-refractivity contribution in [2.45, 2.75) is 41.7 Å². The summed E-state index contributed by atoms with van der Waals surface area (Å²) >= 11 is 6.00. The van der Waals surface area contributed by atoms with Crippen molar-refractivity contribution >= 4 is 38.3 Å². The van der Waals surface area contributed by atoms with Gasteiger partial charge >= 0.3 is 0 Å². The van der Waals surface area contributed by atoms with E-state index in [0.29, 0.717) is 33.7 Å². The minimum absolute atomic E-state index is 0.0316. The number of aliphatic imine (C=N–C) groups is 1. The molecule has 172 valence electrons. The van der Waals surface area contributed by atoms with Crippen molar-refractivity contribution < 1.29 is 17.2 Å². The monoisotopic (exact) mass is 491 g/mol. The summed E-state index contributed by atoms with van der Waals surface area (Å²) in [6.45, 7) is 0.402. The molecule has 1 aromatic carbocycles. The van der Waals surface area contributed by atoms with Gasteiger partial charge < -0.3 is 5.73 Å². The molecule has 3 aromatic rings. The fraction of sp³-hybridized carbons (Fsp3) is 0.364. The van der Waals surface area contributed by atoms with E-state index in [4.69, 9.17) is 17.3 Å². The van der Waals surface area contributed by atoms with Gasteiger partial charge in [-0.25, -0.2) is 27.2 Å². The maximum Gasteiger partial charge on any atom is 0.171 e. The molecule has 0 radical (unpaired) electrons. The Morgan fingerprint density at radius 3 is 2.79 bits per heavy atom. The number of rotatable bonds is 4. The van der Waals surface area contributed by atoms with Gasteiger partial charge in [-0.3, -0.25) is 9.98 Å². The van der Waals surface area contributed by atoms with Gasteiger partial charge in [0.1, 0.15) is 35.7 Å². The first kappa shape index (κ1) is 22.1. The first-order chi connectivity index (χ1) is 15.6. The average Bonchev–Trinajstić information content (AvgIpc) is 2.98. The average molecular weight is 492 g/mol. The number of aromatic nitrogens is 3. The molecule has 1 saturated heterocycles. The Labute approximate surface area is 194 Å². The number of sulfone groups is 1. The molecule has 2 N–H and O–H groups in total. The van der Waals surface area contributed by atoms with Crippen molar-refractivity contribution in [1.82, 2.24) is 15.0 Å². The van der Waals surface area contributed by atoms with E-state index in [1.54, 1.807) is 25.1 Å². The number of fused-ring (bicyclic) bond motifs is 3. The van der Waals surface area contributed by atoms with Crippen LogP contribution in [0.1, 0.15) is 36.6 Å². The lowest BCUT2D eigenvalue weighted by atomic mass is 9.85. The first-order valence-electron chi connectivity index (χ1n) is 10.3. The third kappa shape index (κ3) is 3.07. The van der Waals surface area contributed by atoms with Crippen LogP contribution in [0.4, 0.5) is 8.78 Å². The van der Waals surface area contributed by atoms with E-state index >= 15 is 4.39 Å². The second-order valence-corrected chi connectivity index (χ2v) is 11.6. The van der Waals surface area contributed by atoms with Crippen LogP contribution in [-0.2, 0) is 21.8 Å². The molecule has 0 saturated carbocycles. The molecule has 33 heavy (non-hydrogen) atoms. The Balaban J connectivity index is 1.61. The molecule has 11 heteroatoms. The van der Waals surface area contributed by atoms with Crippen molar-refractivity contribution in [3.63, 3.8) is 0 Å². The van der Waals surface area contributed by atoms with Crippen LogP contribution in [0, 0.1) is 5.82 Å². The molecule has 2 aliphatic heterocycles. The molecular weight excluding hydrogens is 472 g/mol. The highest BCUT2D eigenvalue weighted by Gasteiger charge is 2.65. The van der Waals surface area contributed by atoms with Crippen LogP contribution in [0.3, 0.4) is 0 Å². The van der Waals surface area contributed by atoms with Crippen molar-refractivity contribution in [2.75, 3.05) is 6.67 Å². The van der Waals surface area contributed by atoms with E-state index in [9.17, 15) is 12.8 Å². The second-order valence-electron chi connectivity index (χ2n) is 8.68. The van der Waals surface area contributed by atoms with Gasteiger partial charge in [0.2, 0.25) is 0 Å². The number of amidine groups is 1. The Hall–Kier alpha value is -2.72. The topological polar surface area (TPSA) is 111 Å². The highest BCUT2D eigenvalue weighted by molar-refractivity contribution is 7.94. The molecule has 2 bridgehead atoms. The largest absolute Gasteiger partial charge is 0.386 e. The summed E-state index contributed by atoms with van der Waals surface area (Å²) in [7, 11) is -4.01. The smallest absolute Gasteiger partial charge is 0.171 e. The zero-order valence-electron chi connectivity index (χ0n) is 17.6. The van der Waals surface area contributed by atoms with Gasteiger partial charge in [-0.2, -0.15) is 0 Å². The summed E-state index contributed by atoms with van der Waals surface area (Å²) in [5.74, 6) is -0.904. The molecule has 0 amide bonds. The molecular formula is C22H20ClF2N5O2S. The molecule has 4 heterocycles. The summed E-state index contributed by atoms with van der Waals surface area (Å²) in [6.07, 6.45) is 3.37. The molecule has 0 spiro atoms. The summed E-state index contributed by atoms with van der Waals surface area (Å²) < 4.78 is 53.6. The minimum Gasteiger partial charge on any atom is -0.386 e. The summed E-state index contributed by atoms with van der Waals surface area (Å²) in [5.41, 5.74) is 7.05. The number of pyridine rings is 1. The van der Waals surface area contributed by atoms with Crippen LogP contribution in [-0.4, -0.2) is 45.9 Å². The van der Waals surface area contributed by atoms with E-state index in [2.05, 4.69) is 19.9 Å². The number of halogens is 3. The van der Waals surface area contributed by atoms with Gasteiger partial charge in [-0.05, 0) is 37.5 Å². The van der Waals surface area contributed by atoms with Gasteiger partial charge in [0.05, 0.1) is 21.5 Å². The van der Waals surface area contributed by atoms with Crippen molar-refractivity contribution in [3.8, 4) is 0 Å². The highest BCUT2D eigenvalue weighted by Crippen LogP contribution is 2.51. The Morgan fingerprint density at radius 1 is 1.24 bits per heavy atom. The van der Waals surface area contributed by atoms with Gasteiger partial charge in [0, 0.05) is 18.2 Å². The van der Waals surface area contributed by atoms with Gasteiger partial charge in [-0.15, -0.1) is 0 Å². The number of hydrogen-bond acceptors (Lipinski definition) is 7. The first-order valence-corrected chi connectivity index (χ1v) is 12.2. The quantitative estimate of drug-likeness (QED) is 0.599. The minimum atomic E-state index is -4.01. The van der Waals surface area contributed by atoms with Crippen LogP contribution in [0.15, 0.2) is 41.8 Å². The third-order valence-electron chi connectivity index (χ3n) is 6.86. The summed E-state index contributed by atoms with van der Waals surface area (Å²) in [6, 6.07) is 6.12. The van der Waals surface area contributed by atoms with E-state index in [1.807, 2.05) is 0 Å². The van der Waals surface area contributed by atoms with Crippen LogP contribution in [0.2, 0.25) is 5.02 Å². The van der Waals surface area contributed by atoms with E-state index in [-0.39, 0.29) is 24.2 Å². The van der Waals surface area contributed by atoms with Gasteiger partial charge in [-0.1, -0.05) is 23.7 Å². The maximum atomic E-state index is 15.1. The van der Waals surface area contributed by atoms with E-state index in [0.717, 1.165) is 0 Å². The van der Waals surface area contributed by atoms with Crippen LogP contribution in [0.5, 0.6) is 0 Å². The van der Waals surface area contributed by atoms with Crippen LogP contribution in [0.25, 0.3) is 11.0 Å². The highest BCUT2D eigenvalue weighted by atomic mass is 35.5. The Bertz CT molecular complexity index is 1430. The standard InChI is InChI=1S/C22H20ClF2N5O2S/c1-21(18-4-5-22(10-24,20(26)30-21)33(18,31)32)14-6-12(2-3-15(14)25)7-16-19-17(29-11-28-16)8-13(23)9-27-19/h2-3,6,8-9,11,18H,4-5,7,10H2,1H3,(H2,26,30)/t18-,21+,22-/m0/s1. The molecule has 1 fully saturated rings. The van der Waals surface area contributed by atoms with E-state index in [1.165, 1.54) is 18.6 Å². The normalized spacial score (nSPS) is 28.1. The maximum absolute atomic E-state index is 15.1. The molecule has 5 rings (SSSR count).